The lowest BCUT2D eigenvalue weighted by molar-refractivity contribution is 0.222. The number of hydrogen-bond acceptors (Lipinski definition) is 2. The molecule has 1 aliphatic rings. The van der Waals surface area contributed by atoms with Gasteiger partial charge in [0.2, 0.25) is 0 Å². The van der Waals surface area contributed by atoms with Crippen molar-refractivity contribution >= 4 is 11.7 Å². The number of nitrogens with one attached hydrogen (secondary N) is 1. The number of aromatic nitrogens is 1. The Morgan fingerprint density at radius 2 is 1.78 bits per heavy atom. The maximum Gasteiger partial charge on any atom is 0.321 e. The molecule has 1 aromatic heterocycles. The quantitative estimate of drug-likeness (QED) is 0.852. The third kappa shape index (κ3) is 4.31. The summed E-state index contributed by atoms with van der Waals surface area (Å²) in [6, 6.07) is 11.9. The van der Waals surface area contributed by atoms with Crippen LogP contribution in [0.4, 0.5) is 10.5 Å². The second kappa shape index (κ2) is 8.32. The molecule has 1 N–H and O–H groups in total. The Morgan fingerprint density at radius 3 is 2.39 bits per heavy atom. The molecule has 124 valence electrons. The van der Waals surface area contributed by atoms with Crippen molar-refractivity contribution in [1.82, 2.24) is 9.88 Å². The summed E-state index contributed by atoms with van der Waals surface area (Å²) in [5.74, 6) is 0. The molecule has 1 saturated heterocycles. The smallest absolute Gasteiger partial charge is 0.321 e. The summed E-state index contributed by atoms with van der Waals surface area (Å²) in [5.41, 5.74) is 4.07. The lowest BCUT2D eigenvalue weighted by atomic mass is 10.0. The van der Waals surface area contributed by atoms with Gasteiger partial charge in [0.05, 0.1) is 0 Å². The minimum Gasteiger partial charge on any atom is -0.325 e. The molecule has 1 fully saturated rings. The summed E-state index contributed by atoms with van der Waals surface area (Å²) in [7, 11) is 0. The van der Waals surface area contributed by atoms with Gasteiger partial charge in [-0.2, -0.15) is 0 Å². The normalized spacial score (nSPS) is 13.3. The van der Waals surface area contributed by atoms with Crippen LogP contribution in [0.15, 0.2) is 42.6 Å². The number of carbonyl (C=O) groups is 1. The monoisotopic (exact) mass is 313 g/mol. The zero-order valence-electron chi connectivity index (χ0n) is 14.2. The first-order valence-electron chi connectivity index (χ1n) is 8.32. The highest BCUT2D eigenvalue weighted by molar-refractivity contribution is 5.89. The molecule has 0 saturated carbocycles. The van der Waals surface area contributed by atoms with Crippen molar-refractivity contribution < 1.29 is 6.22 Å². The molecule has 1 aromatic carbocycles. The van der Waals surface area contributed by atoms with Gasteiger partial charge in [-0.05, 0) is 43.5 Å². The van der Waals surface area contributed by atoms with Gasteiger partial charge in [-0.25, -0.2) is 4.79 Å². The van der Waals surface area contributed by atoms with Crippen LogP contribution in [-0.2, 0) is 0 Å². The number of carbonyl (C=O) groups excluding carboxylic acids is 1. The largest absolute Gasteiger partial charge is 0.325 e. The summed E-state index contributed by atoms with van der Waals surface area (Å²) in [4.78, 5) is 18.2. The second-order valence-electron chi connectivity index (χ2n) is 5.34. The van der Waals surface area contributed by atoms with E-state index < -0.39 is 0 Å². The Kier molecular flexibility index (Phi) is 6.15. The van der Waals surface area contributed by atoms with Gasteiger partial charge in [-0.15, -0.1) is 0 Å². The van der Waals surface area contributed by atoms with E-state index in [0.29, 0.717) is 0 Å². The first-order chi connectivity index (χ1) is 11.2. The molecule has 4 nitrogen and oxygen atoms in total. The van der Waals surface area contributed by atoms with E-state index in [-0.39, 0.29) is 7.46 Å². The number of aryl methyl sites for hydroxylation is 1. The van der Waals surface area contributed by atoms with Crippen molar-refractivity contribution in [2.75, 3.05) is 18.4 Å². The van der Waals surface area contributed by atoms with Gasteiger partial charge in [0.1, 0.15) is 0 Å². The van der Waals surface area contributed by atoms with Crippen molar-refractivity contribution in [3.8, 4) is 11.1 Å². The second-order valence-corrected chi connectivity index (χ2v) is 5.34. The molecule has 0 atom stereocenters. The van der Waals surface area contributed by atoms with Gasteiger partial charge in [0.15, 0.2) is 0 Å². The fraction of sp³-hybridized carbons (Fsp3) is 0.368. The number of anilines is 1. The predicted molar refractivity (Wildman–Crippen MR) is 97.7 cm³/mol. The minimum atomic E-state index is -0.00203. The zero-order chi connectivity index (χ0) is 16.7. The molecule has 0 spiro atoms. The Hall–Kier alpha value is -2.36. The van der Waals surface area contributed by atoms with Crippen LogP contribution in [0.1, 0.15) is 33.8 Å². The summed E-state index contributed by atoms with van der Waals surface area (Å²) in [6.45, 7) is 7.72. The number of rotatable bonds is 2. The molecule has 2 amide bonds. The van der Waals surface area contributed by atoms with Crippen LogP contribution in [0.3, 0.4) is 0 Å². The van der Waals surface area contributed by atoms with E-state index in [9.17, 15) is 4.79 Å². The first kappa shape index (κ1) is 17.0. The maximum absolute atomic E-state index is 12.0. The average molecular weight is 313 g/mol. The van der Waals surface area contributed by atoms with Crippen LogP contribution in [0.5, 0.6) is 0 Å². The van der Waals surface area contributed by atoms with Crippen molar-refractivity contribution in [2.24, 2.45) is 0 Å². The number of hydrogen-bond donors (Lipinski definition) is 1. The maximum atomic E-state index is 12.0. The molecule has 2 heterocycles. The van der Waals surface area contributed by atoms with Gasteiger partial charge in [0, 0.05) is 37.7 Å². The van der Waals surface area contributed by atoms with E-state index in [2.05, 4.69) is 16.4 Å². The van der Waals surface area contributed by atoms with Gasteiger partial charge in [-0.1, -0.05) is 32.0 Å². The zero-order valence-corrected chi connectivity index (χ0v) is 14.2. The molecule has 0 unspecified atom stereocenters. The van der Waals surface area contributed by atoms with Gasteiger partial charge >= 0.3 is 6.03 Å². The first-order valence-corrected chi connectivity index (χ1v) is 8.32. The molecular formula is C19H27N3O. The Bertz CT molecular complexity index is 637. The highest BCUT2D eigenvalue weighted by Crippen LogP contribution is 2.23. The molecule has 0 bridgehead atoms. The molecular weight excluding hydrogens is 286 g/mol. The molecule has 2 aromatic rings. The predicted octanol–water partition coefficient (Wildman–Crippen LogP) is 4.96. The summed E-state index contributed by atoms with van der Waals surface area (Å²) < 4.78 is 0. The van der Waals surface area contributed by atoms with E-state index in [0.717, 1.165) is 48.4 Å². The van der Waals surface area contributed by atoms with E-state index in [1.165, 1.54) is 0 Å². The van der Waals surface area contributed by atoms with Crippen molar-refractivity contribution in [3.05, 3.63) is 48.3 Å². The van der Waals surface area contributed by atoms with Crippen LogP contribution in [0.2, 0.25) is 0 Å². The van der Waals surface area contributed by atoms with Crippen LogP contribution in [0.25, 0.3) is 11.1 Å². The van der Waals surface area contributed by atoms with Crippen molar-refractivity contribution in [2.45, 2.75) is 33.6 Å². The standard InChI is InChI=1S/C17H19N3O.C2H6.H2/c1-13-16(5-4-10-18-13)14-6-8-15(9-7-14)19-17(21)20-11-2-3-12-20;1-2;/h4-10H,2-3,11-12H2,1H3,(H,19,21);1-2H3;1H. The highest BCUT2D eigenvalue weighted by Gasteiger charge is 2.17. The van der Waals surface area contributed by atoms with Crippen molar-refractivity contribution in [1.29, 1.82) is 0 Å². The topological polar surface area (TPSA) is 45.2 Å². The fourth-order valence-corrected chi connectivity index (χ4v) is 2.65. The SMILES string of the molecule is CC.Cc1ncccc1-c1ccc(NC(=O)N2CCCC2)cc1.[HH]. The number of amides is 2. The summed E-state index contributed by atoms with van der Waals surface area (Å²) in [5, 5.41) is 2.95. The van der Waals surface area contributed by atoms with Crippen LogP contribution in [0, 0.1) is 6.92 Å². The average Bonchev–Trinajstić information content (AvgIpc) is 3.13. The lowest BCUT2D eigenvalue weighted by Crippen LogP contribution is -2.32. The Morgan fingerprint density at radius 1 is 1.13 bits per heavy atom. The lowest BCUT2D eigenvalue weighted by Gasteiger charge is -2.16. The van der Waals surface area contributed by atoms with Crippen LogP contribution < -0.4 is 5.32 Å². The highest BCUT2D eigenvalue weighted by atomic mass is 16.2. The van der Waals surface area contributed by atoms with Crippen LogP contribution >= 0.6 is 0 Å². The Balaban J connectivity index is 0.000000925. The van der Waals surface area contributed by atoms with Crippen LogP contribution in [-0.4, -0.2) is 29.0 Å². The number of urea groups is 1. The molecule has 3 rings (SSSR count). The van der Waals surface area contributed by atoms with Gasteiger partial charge in [0.25, 0.3) is 0 Å². The molecule has 23 heavy (non-hydrogen) atoms. The van der Waals surface area contributed by atoms with E-state index >= 15 is 0 Å². The third-order valence-electron chi connectivity index (χ3n) is 3.85. The molecule has 1 aliphatic heterocycles. The van der Waals surface area contributed by atoms with E-state index in [1.54, 1.807) is 6.20 Å². The van der Waals surface area contributed by atoms with E-state index in [1.807, 2.05) is 56.0 Å². The van der Waals surface area contributed by atoms with Crippen molar-refractivity contribution in [3.63, 3.8) is 0 Å². The molecule has 0 aliphatic carbocycles. The number of benzene rings is 1. The summed E-state index contributed by atoms with van der Waals surface area (Å²) in [6.07, 6.45) is 4.00. The number of likely N-dealkylation sites (tertiary alicyclic amines) is 1. The fourth-order valence-electron chi connectivity index (χ4n) is 2.65. The third-order valence-corrected chi connectivity index (χ3v) is 3.85. The number of nitrogens with zero attached hydrogens (tertiary/aromatic N) is 2. The van der Waals surface area contributed by atoms with Gasteiger partial charge in [-0.3, -0.25) is 4.98 Å². The minimum absolute atomic E-state index is 0. The van der Waals surface area contributed by atoms with Gasteiger partial charge < -0.3 is 10.2 Å². The Labute approximate surface area is 140 Å². The van der Waals surface area contributed by atoms with E-state index in [4.69, 9.17) is 0 Å². The molecule has 4 heteroatoms. The number of pyridine rings is 1. The molecule has 0 radical (unpaired) electrons. The summed E-state index contributed by atoms with van der Waals surface area (Å²) >= 11 is 0.